The maximum atomic E-state index is 13.1. The molecular weight excluding hydrogens is 220 g/mol. The quantitative estimate of drug-likeness (QED) is 0.771. The highest BCUT2D eigenvalue weighted by Gasteiger charge is 2.13. The van der Waals surface area contributed by atoms with Crippen LogP contribution in [0.25, 0.3) is 0 Å². The zero-order chi connectivity index (χ0) is 12.3. The van der Waals surface area contributed by atoms with Crippen LogP contribution in [0, 0.1) is 23.0 Å². The average molecular weight is 229 g/mol. The van der Waals surface area contributed by atoms with Crippen molar-refractivity contribution in [3.05, 3.63) is 71.3 Å². The number of hydrogen-bond donors (Lipinski definition) is 0. The largest absolute Gasteiger partial charge is 0.207 e. The Labute approximate surface area is 97.9 Å². The van der Waals surface area contributed by atoms with E-state index in [-0.39, 0.29) is 11.6 Å². The van der Waals surface area contributed by atoms with Crippen LogP contribution in [0.3, 0.4) is 0 Å². The third kappa shape index (κ3) is 2.48. The van der Waals surface area contributed by atoms with Gasteiger partial charge in [-0.15, -0.1) is 0 Å². The molecule has 0 aliphatic carbocycles. The molecule has 0 aliphatic rings. The first-order valence-corrected chi connectivity index (χ1v) is 5.11. The molecule has 0 bridgehead atoms. The third-order valence-corrected chi connectivity index (χ3v) is 2.51. The Morgan fingerprint density at radius 2 is 1.59 bits per heavy atom. The standard InChI is InChI=1S/C14H9F2N/c15-12-6-4-10(5-7-12)14(9-17)11-2-1-3-13(16)8-11/h1-8,14H. The molecule has 2 aromatic carbocycles. The van der Waals surface area contributed by atoms with Crippen LogP contribution in [-0.2, 0) is 0 Å². The van der Waals surface area contributed by atoms with Crippen LogP contribution in [0.2, 0.25) is 0 Å². The number of benzene rings is 2. The van der Waals surface area contributed by atoms with Gasteiger partial charge < -0.3 is 0 Å². The molecule has 0 amide bonds. The molecule has 2 aromatic rings. The zero-order valence-electron chi connectivity index (χ0n) is 8.90. The van der Waals surface area contributed by atoms with Crippen LogP contribution in [0.5, 0.6) is 0 Å². The molecule has 0 saturated heterocycles. The van der Waals surface area contributed by atoms with Crippen LogP contribution in [-0.4, -0.2) is 0 Å². The number of hydrogen-bond acceptors (Lipinski definition) is 1. The average Bonchev–Trinajstić information content (AvgIpc) is 2.33. The first-order chi connectivity index (χ1) is 8.20. The van der Waals surface area contributed by atoms with Crippen LogP contribution in [0.4, 0.5) is 8.78 Å². The highest BCUT2D eigenvalue weighted by Crippen LogP contribution is 2.24. The van der Waals surface area contributed by atoms with Gasteiger partial charge in [0.15, 0.2) is 0 Å². The van der Waals surface area contributed by atoms with Crippen molar-refractivity contribution in [2.45, 2.75) is 5.92 Å². The molecule has 0 radical (unpaired) electrons. The molecular formula is C14H9F2N. The summed E-state index contributed by atoms with van der Waals surface area (Å²) in [5.74, 6) is -1.32. The molecule has 17 heavy (non-hydrogen) atoms. The number of halogens is 2. The second-order valence-corrected chi connectivity index (χ2v) is 3.67. The van der Waals surface area contributed by atoms with Crippen LogP contribution in [0.1, 0.15) is 17.0 Å². The van der Waals surface area contributed by atoms with Crippen molar-refractivity contribution in [2.24, 2.45) is 0 Å². The van der Waals surface area contributed by atoms with Crippen LogP contribution >= 0.6 is 0 Å². The number of nitriles is 1. The fourth-order valence-electron chi connectivity index (χ4n) is 1.68. The lowest BCUT2D eigenvalue weighted by Crippen LogP contribution is -1.98. The minimum Gasteiger partial charge on any atom is -0.207 e. The summed E-state index contributed by atoms with van der Waals surface area (Å²) in [4.78, 5) is 0. The van der Waals surface area contributed by atoms with Crippen molar-refractivity contribution in [3.8, 4) is 6.07 Å². The van der Waals surface area contributed by atoms with E-state index < -0.39 is 5.92 Å². The zero-order valence-corrected chi connectivity index (χ0v) is 8.90. The Kier molecular flexibility index (Phi) is 3.15. The second kappa shape index (κ2) is 4.75. The highest BCUT2D eigenvalue weighted by atomic mass is 19.1. The minimum atomic E-state index is -0.578. The van der Waals surface area contributed by atoms with E-state index >= 15 is 0 Å². The van der Waals surface area contributed by atoms with Gasteiger partial charge in [0.05, 0.1) is 12.0 Å². The van der Waals surface area contributed by atoms with Crippen LogP contribution in [0.15, 0.2) is 48.5 Å². The summed E-state index contributed by atoms with van der Waals surface area (Å²) < 4.78 is 25.9. The van der Waals surface area contributed by atoms with Crippen molar-refractivity contribution in [1.82, 2.24) is 0 Å². The van der Waals surface area contributed by atoms with Gasteiger partial charge in [-0.05, 0) is 35.4 Å². The maximum Gasteiger partial charge on any atom is 0.123 e. The van der Waals surface area contributed by atoms with Crippen molar-refractivity contribution in [1.29, 1.82) is 5.26 Å². The predicted molar refractivity (Wildman–Crippen MR) is 60.3 cm³/mol. The van der Waals surface area contributed by atoms with Gasteiger partial charge in [-0.25, -0.2) is 8.78 Å². The van der Waals surface area contributed by atoms with Gasteiger partial charge in [0.25, 0.3) is 0 Å². The SMILES string of the molecule is N#CC(c1ccc(F)cc1)c1cccc(F)c1. The highest BCUT2D eigenvalue weighted by molar-refractivity contribution is 5.38. The van der Waals surface area contributed by atoms with Crippen LogP contribution < -0.4 is 0 Å². The molecule has 0 spiro atoms. The monoisotopic (exact) mass is 229 g/mol. The second-order valence-electron chi connectivity index (χ2n) is 3.67. The van der Waals surface area contributed by atoms with E-state index in [2.05, 4.69) is 6.07 Å². The Morgan fingerprint density at radius 1 is 0.882 bits per heavy atom. The Morgan fingerprint density at radius 3 is 2.18 bits per heavy atom. The summed E-state index contributed by atoms with van der Waals surface area (Å²) >= 11 is 0. The normalized spacial score (nSPS) is 11.8. The Balaban J connectivity index is 2.41. The van der Waals surface area contributed by atoms with E-state index in [9.17, 15) is 8.78 Å². The molecule has 0 heterocycles. The molecule has 84 valence electrons. The lowest BCUT2D eigenvalue weighted by atomic mass is 9.93. The Bertz CT molecular complexity index is 555. The number of nitrogens with zero attached hydrogens (tertiary/aromatic N) is 1. The summed E-state index contributed by atoms with van der Waals surface area (Å²) in [7, 11) is 0. The molecule has 0 saturated carbocycles. The Hall–Kier alpha value is -2.21. The first-order valence-electron chi connectivity index (χ1n) is 5.11. The summed E-state index contributed by atoms with van der Waals surface area (Å²) in [6.45, 7) is 0. The van der Waals surface area contributed by atoms with Gasteiger partial charge >= 0.3 is 0 Å². The molecule has 2 rings (SSSR count). The smallest absolute Gasteiger partial charge is 0.123 e. The van der Waals surface area contributed by atoms with Crippen molar-refractivity contribution < 1.29 is 8.78 Å². The van der Waals surface area contributed by atoms with Crippen molar-refractivity contribution in [2.75, 3.05) is 0 Å². The van der Waals surface area contributed by atoms with E-state index in [1.165, 1.54) is 36.4 Å². The first kappa shape index (κ1) is 11.3. The molecule has 3 heteroatoms. The van der Waals surface area contributed by atoms with Gasteiger partial charge in [0.1, 0.15) is 11.6 Å². The summed E-state index contributed by atoms with van der Waals surface area (Å²) in [5, 5.41) is 9.13. The van der Waals surface area contributed by atoms with E-state index in [4.69, 9.17) is 5.26 Å². The fourth-order valence-corrected chi connectivity index (χ4v) is 1.68. The summed E-state index contributed by atoms with van der Waals surface area (Å²) in [5.41, 5.74) is 1.22. The van der Waals surface area contributed by atoms with Gasteiger partial charge in [0, 0.05) is 0 Å². The van der Waals surface area contributed by atoms with Crippen molar-refractivity contribution in [3.63, 3.8) is 0 Å². The van der Waals surface area contributed by atoms with E-state index in [1.807, 2.05) is 0 Å². The van der Waals surface area contributed by atoms with E-state index in [1.54, 1.807) is 12.1 Å². The van der Waals surface area contributed by atoms with Gasteiger partial charge in [-0.1, -0.05) is 24.3 Å². The van der Waals surface area contributed by atoms with Gasteiger partial charge in [-0.3, -0.25) is 0 Å². The lowest BCUT2D eigenvalue weighted by molar-refractivity contribution is 0.623. The molecule has 0 N–H and O–H groups in total. The molecule has 1 atom stereocenters. The lowest BCUT2D eigenvalue weighted by Gasteiger charge is -2.09. The summed E-state index contributed by atoms with van der Waals surface area (Å²) in [6, 6.07) is 13.6. The summed E-state index contributed by atoms with van der Waals surface area (Å²) in [6.07, 6.45) is 0. The molecule has 1 nitrogen and oxygen atoms in total. The maximum absolute atomic E-state index is 13.1. The van der Waals surface area contributed by atoms with E-state index in [0.29, 0.717) is 11.1 Å². The molecule has 0 aliphatic heterocycles. The predicted octanol–water partition coefficient (Wildman–Crippen LogP) is 3.62. The molecule has 1 unspecified atom stereocenters. The molecule has 0 aromatic heterocycles. The third-order valence-electron chi connectivity index (χ3n) is 2.51. The molecule has 0 fully saturated rings. The number of rotatable bonds is 2. The fraction of sp³-hybridized carbons (Fsp3) is 0.0714. The van der Waals surface area contributed by atoms with E-state index in [0.717, 1.165) is 0 Å². The van der Waals surface area contributed by atoms with Crippen molar-refractivity contribution >= 4 is 0 Å². The minimum absolute atomic E-state index is 0.357. The topological polar surface area (TPSA) is 23.8 Å². The van der Waals surface area contributed by atoms with Gasteiger partial charge in [0.2, 0.25) is 0 Å². The van der Waals surface area contributed by atoms with Gasteiger partial charge in [-0.2, -0.15) is 5.26 Å².